The summed E-state index contributed by atoms with van der Waals surface area (Å²) in [5.74, 6) is 2.29. The van der Waals surface area contributed by atoms with Crippen molar-refractivity contribution in [2.45, 2.75) is 24.1 Å². The zero-order valence-electron chi connectivity index (χ0n) is 6.14. The van der Waals surface area contributed by atoms with Crippen LogP contribution in [0.4, 0.5) is 0 Å². The van der Waals surface area contributed by atoms with E-state index < -0.39 is 0 Å². The summed E-state index contributed by atoms with van der Waals surface area (Å²) in [6.45, 7) is 2.25. The van der Waals surface area contributed by atoms with Gasteiger partial charge in [-0.05, 0) is 0 Å². The summed E-state index contributed by atoms with van der Waals surface area (Å²) in [5.41, 5.74) is 0. The Kier molecular flexibility index (Phi) is 4.63. The van der Waals surface area contributed by atoms with Crippen molar-refractivity contribution >= 4 is 15.0 Å². The molecule has 0 saturated carbocycles. The molecule has 0 fully saturated rings. The van der Waals surface area contributed by atoms with Gasteiger partial charge >= 0.3 is 58.1 Å². The second-order valence-electron chi connectivity index (χ2n) is 2.06. The molecule has 0 spiro atoms. The maximum atomic E-state index is 2.31. The van der Waals surface area contributed by atoms with Crippen LogP contribution in [0.5, 0.6) is 0 Å². The molecule has 2 heteroatoms. The van der Waals surface area contributed by atoms with E-state index >= 15 is 0 Å². The van der Waals surface area contributed by atoms with Crippen LogP contribution >= 0.6 is 0 Å². The topological polar surface area (TPSA) is 3.24 Å². The Morgan fingerprint density at radius 1 is 1.50 bits per heavy atom. The first-order valence-electron chi connectivity index (χ1n) is 2.91. The zero-order chi connectivity index (χ0) is 6.57. The number of hydrogen-bond donors (Lipinski definition) is 0. The molecule has 1 unspecified atom stereocenters. The Bertz CT molecular complexity index is 50.5. The molecule has 0 heterocycles. The average Bonchev–Trinajstić information content (AvgIpc) is 1.69. The summed E-state index contributed by atoms with van der Waals surface area (Å²) in [4.78, 5) is 3.16. The van der Waals surface area contributed by atoms with E-state index in [-0.39, 0.29) is 0 Å². The molecule has 1 atom stereocenters. The molecule has 0 bridgehead atoms. The Morgan fingerprint density at radius 3 is 2.00 bits per heavy atom. The quantitative estimate of drug-likeness (QED) is 0.586. The van der Waals surface area contributed by atoms with Gasteiger partial charge in [0.05, 0.1) is 0 Å². The SMILES string of the molecule is CCC([Se]C)N(C)C. The average molecular weight is 180 g/mol. The van der Waals surface area contributed by atoms with Crippen LogP contribution in [-0.2, 0) is 0 Å². The van der Waals surface area contributed by atoms with Crippen molar-refractivity contribution in [2.75, 3.05) is 14.1 Å². The summed E-state index contributed by atoms with van der Waals surface area (Å²) in [6, 6.07) is 0. The monoisotopic (exact) mass is 181 g/mol. The van der Waals surface area contributed by atoms with E-state index in [1.807, 2.05) is 0 Å². The first-order valence-corrected chi connectivity index (χ1v) is 5.61. The van der Waals surface area contributed by atoms with Crippen LogP contribution in [-0.4, -0.2) is 38.9 Å². The van der Waals surface area contributed by atoms with Crippen molar-refractivity contribution in [1.29, 1.82) is 0 Å². The molecule has 0 aromatic heterocycles. The molecular formula is C6H15NSe. The number of hydrogen-bond acceptors (Lipinski definition) is 1. The summed E-state index contributed by atoms with van der Waals surface area (Å²) in [5, 5.41) is 0. The molecule has 50 valence electrons. The molecule has 0 aromatic carbocycles. The van der Waals surface area contributed by atoms with Gasteiger partial charge in [-0.1, -0.05) is 0 Å². The van der Waals surface area contributed by atoms with Gasteiger partial charge in [0.15, 0.2) is 0 Å². The van der Waals surface area contributed by atoms with Crippen molar-refractivity contribution in [2.24, 2.45) is 0 Å². The third-order valence-corrected chi connectivity index (χ3v) is 3.92. The van der Waals surface area contributed by atoms with Gasteiger partial charge in [0.2, 0.25) is 0 Å². The van der Waals surface area contributed by atoms with Crippen LogP contribution in [0, 0.1) is 0 Å². The van der Waals surface area contributed by atoms with E-state index in [4.69, 9.17) is 0 Å². The Labute approximate surface area is 58.6 Å². The summed E-state index contributed by atoms with van der Waals surface area (Å²) in [6.07, 6.45) is 1.30. The summed E-state index contributed by atoms with van der Waals surface area (Å²) < 4.78 is 0. The van der Waals surface area contributed by atoms with Crippen molar-refractivity contribution in [3.8, 4) is 0 Å². The van der Waals surface area contributed by atoms with Crippen LogP contribution in [0.3, 0.4) is 0 Å². The van der Waals surface area contributed by atoms with Gasteiger partial charge in [0.25, 0.3) is 0 Å². The first-order chi connectivity index (χ1) is 3.72. The maximum absolute atomic E-state index is 2.31. The third kappa shape index (κ3) is 2.71. The van der Waals surface area contributed by atoms with E-state index in [1.54, 1.807) is 0 Å². The van der Waals surface area contributed by atoms with Crippen molar-refractivity contribution < 1.29 is 0 Å². The molecule has 0 aliphatic heterocycles. The van der Waals surface area contributed by atoms with E-state index in [9.17, 15) is 0 Å². The molecule has 0 aliphatic carbocycles. The molecule has 0 rings (SSSR count). The molecule has 1 nitrogen and oxygen atoms in total. The second kappa shape index (κ2) is 4.37. The minimum atomic E-state index is 0.790. The van der Waals surface area contributed by atoms with Gasteiger partial charge in [-0.2, -0.15) is 0 Å². The third-order valence-electron chi connectivity index (χ3n) is 1.20. The molecule has 0 aliphatic rings. The van der Waals surface area contributed by atoms with Gasteiger partial charge in [0, 0.05) is 0 Å². The van der Waals surface area contributed by atoms with Gasteiger partial charge in [-0.15, -0.1) is 0 Å². The van der Waals surface area contributed by atoms with Crippen molar-refractivity contribution in [3.05, 3.63) is 0 Å². The Hall–Kier alpha value is 0.479. The standard InChI is InChI=1S/C6H15NSe/c1-5-6(8-4)7(2)3/h6H,5H2,1-4H3. The van der Waals surface area contributed by atoms with Crippen molar-refractivity contribution in [1.82, 2.24) is 4.90 Å². The Morgan fingerprint density at radius 2 is 2.00 bits per heavy atom. The predicted octanol–water partition coefficient (Wildman–Crippen LogP) is 1.04. The number of nitrogens with zero attached hydrogens (tertiary/aromatic N) is 1. The van der Waals surface area contributed by atoms with Crippen molar-refractivity contribution in [3.63, 3.8) is 0 Å². The summed E-state index contributed by atoms with van der Waals surface area (Å²) in [7, 11) is 4.30. The van der Waals surface area contributed by atoms with Gasteiger partial charge in [-0.25, -0.2) is 0 Å². The summed E-state index contributed by atoms with van der Waals surface area (Å²) >= 11 is 0.790. The first kappa shape index (κ1) is 8.48. The van der Waals surface area contributed by atoms with Gasteiger partial charge in [-0.3, -0.25) is 0 Å². The van der Waals surface area contributed by atoms with Crippen LogP contribution < -0.4 is 0 Å². The van der Waals surface area contributed by atoms with Gasteiger partial charge < -0.3 is 0 Å². The zero-order valence-corrected chi connectivity index (χ0v) is 7.85. The fraction of sp³-hybridized carbons (Fsp3) is 1.00. The number of rotatable bonds is 3. The fourth-order valence-corrected chi connectivity index (χ4v) is 2.33. The van der Waals surface area contributed by atoms with Crippen LogP contribution in [0.1, 0.15) is 13.3 Å². The van der Waals surface area contributed by atoms with Crippen LogP contribution in [0.15, 0.2) is 0 Å². The molecular weight excluding hydrogens is 165 g/mol. The Balaban J connectivity index is 3.35. The van der Waals surface area contributed by atoms with E-state index in [1.165, 1.54) is 6.42 Å². The van der Waals surface area contributed by atoms with E-state index in [0.717, 1.165) is 19.9 Å². The molecule has 8 heavy (non-hydrogen) atoms. The van der Waals surface area contributed by atoms with E-state index in [0.29, 0.717) is 0 Å². The van der Waals surface area contributed by atoms with Crippen LogP contribution in [0.2, 0.25) is 5.82 Å². The second-order valence-corrected chi connectivity index (χ2v) is 4.19. The fourth-order valence-electron chi connectivity index (χ4n) is 0.743. The van der Waals surface area contributed by atoms with E-state index in [2.05, 4.69) is 31.7 Å². The van der Waals surface area contributed by atoms with Gasteiger partial charge in [0.1, 0.15) is 0 Å². The van der Waals surface area contributed by atoms with Crippen LogP contribution in [0.25, 0.3) is 0 Å². The molecule has 0 amide bonds. The minimum absolute atomic E-state index is 0.790. The molecule has 0 saturated heterocycles. The molecule has 0 radical (unpaired) electrons. The predicted molar refractivity (Wildman–Crippen MR) is 39.4 cm³/mol. The molecule has 0 N–H and O–H groups in total. The molecule has 0 aromatic rings. The normalized spacial score (nSPS) is 14.6.